The summed E-state index contributed by atoms with van der Waals surface area (Å²) in [6.07, 6.45) is 2.74. The topological polar surface area (TPSA) is 47.6 Å². The van der Waals surface area contributed by atoms with Crippen molar-refractivity contribution in [2.45, 2.75) is 52.2 Å². The predicted molar refractivity (Wildman–Crippen MR) is 96.3 cm³/mol. The Morgan fingerprint density at radius 3 is 2.85 bits per heavy atom. The van der Waals surface area contributed by atoms with Crippen LogP contribution in [-0.2, 0) is 9.53 Å². The Hall–Kier alpha value is -1.62. The van der Waals surface area contributed by atoms with Crippen LogP contribution in [0.25, 0.3) is 0 Å². The van der Waals surface area contributed by atoms with Crippen LogP contribution in [0.15, 0.2) is 18.2 Å². The van der Waals surface area contributed by atoms with Crippen LogP contribution in [-0.4, -0.2) is 25.7 Å². The lowest BCUT2D eigenvalue weighted by Gasteiger charge is -2.53. The van der Waals surface area contributed by atoms with Gasteiger partial charge in [0.1, 0.15) is 0 Å². The second-order valence-corrected chi connectivity index (χ2v) is 8.84. The van der Waals surface area contributed by atoms with E-state index in [2.05, 4.69) is 19.2 Å². The van der Waals surface area contributed by atoms with Gasteiger partial charge in [0.15, 0.2) is 11.6 Å². The fourth-order valence-corrected chi connectivity index (χ4v) is 6.20. The Kier molecular flexibility index (Phi) is 4.07. The molecule has 4 rings (SSSR count). The number of benzene rings is 1. The number of carbonyl (C=O) groups excluding carboxylic acids is 1. The van der Waals surface area contributed by atoms with Gasteiger partial charge < -0.3 is 14.8 Å². The van der Waals surface area contributed by atoms with Crippen molar-refractivity contribution < 1.29 is 18.7 Å². The second-order valence-electron chi connectivity index (χ2n) is 8.84. The van der Waals surface area contributed by atoms with Gasteiger partial charge in [0.2, 0.25) is 5.91 Å². The monoisotopic (exact) mass is 361 g/mol. The molecule has 1 aromatic rings. The molecule has 1 spiro atoms. The number of halogens is 1. The quantitative estimate of drug-likeness (QED) is 0.889. The van der Waals surface area contributed by atoms with Gasteiger partial charge in [0, 0.05) is 25.1 Å². The Morgan fingerprint density at radius 2 is 2.15 bits per heavy atom. The normalized spacial score (nSPS) is 37.3. The first-order valence-corrected chi connectivity index (χ1v) is 9.52. The molecule has 5 heteroatoms. The van der Waals surface area contributed by atoms with Gasteiger partial charge in [-0.1, -0.05) is 26.0 Å². The van der Waals surface area contributed by atoms with E-state index in [4.69, 9.17) is 9.47 Å². The van der Waals surface area contributed by atoms with Crippen LogP contribution in [0.1, 0.15) is 51.7 Å². The molecular formula is C21H28FNO3. The highest BCUT2D eigenvalue weighted by atomic mass is 19.1. The summed E-state index contributed by atoms with van der Waals surface area (Å²) in [7, 11) is 1.48. The minimum absolute atomic E-state index is 0.0133. The number of nitrogens with one attached hydrogen (secondary N) is 1. The smallest absolute Gasteiger partial charge is 0.217 e. The minimum atomic E-state index is -0.324. The summed E-state index contributed by atoms with van der Waals surface area (Å²) in [6.45, 7) is 6.71. The fraction of sp³-hybridized carbons (Fsp3) is 0.667. The first kappa shape index (κ1) is 17.8. The molecular weight excluding hydrogens is 333 g/mol. The third-order valence-electron chi connectivity index (χ3n) is 7.37. The number of amides is 1. The average Bonchev–Trinajstić information content (AvgIpc) is 3.08. The zero-order valence-corrected chi connectivity index (χ0v) is 16.0. The maximum atomic E-state index is 14.9. The molecule has 142 valence electrons. The number of hydrogen-bond acceptors (Lipinski definition) is 3. The fourth-order valence-electron chi connectivity index (χ4n) is 6.20. The van der Waals surface area contributed by atoms with Crippen LogP contribution in [0.4, 0.5) is 4.39 Å². The van der Waals surface area contributed by atoms with Crippen molar-refractivity contribution in [1.82, 2.24) is 5.32 Å². The van der Waals surface area contributed by atoms with E-state index in [-0.39, 0.29) is 46.4 Å². The van der Waals surface area contributed by atoms with Gasteiger partial charge in [0.25, 0.3) is 0 Å². The summed E-state index contributed by atoms with van der Waals surface area (Å²) in [5.74, 6) is 0.678. The third kappa shape index (κ3) is 2.32. The second kappa shape index (κ2) is 5.95. The van der Waals surface area contributed by atoms with E-state index < -0.39 is 0 Å². The van der Waals surface area contributed by atoms with Gasteiger partial charge in [0.05, 0.1) is 13.2 Å². The molecule has 1 aliphatic heterocycles. The lowest BCUT2D eigenvalue weighted by molar-refractivity contribution is -0.136. The molecule has 1 unspecified atom stereocenters. The summed E-state index contributed by atoms with van der Waals surface area (Å²) in [4.78, 5) is 11.9. The molecule has 2 aliphatic carbocycles. The van der Waals surface area contributed by atoms with Gasteiger partial charge in [-0.3, -0.25) is 4.79 Å². The molecule has 1 aromatic carbocycles. The molecule has 4 nitrogen and oxygen atoms in total. The molecule has 5 atom stereocenters. The highest BCUT2D eigenvalue weighted by molar-refractivity contribution is 5.73. The van der Waals surface area contributed by atoms with E-state index in [9.17, 15) is 9.18 Å². The average molecular weight is 361 g/mol. The highest BCUT2D eigenvalue weighted by Gasteiger charge is 2.68. The number of hydrogen-bond donors (Lipinski definition) is 1. The summed E-state index contributed by atoms with van der Waals surface area (Å²) >= 11 is 0. The van der Waals surface area contributed by atoms with Crippen molar-refractivity contribution in [1.29, 1.82) is 0 Å². The summed E-state index contributed by atoms with van der Waals surface area (Å²) in [5, 5.41) is 3.25. The molecule has 3 aliphatic rings. The first-order chi connectivity index (χ1) is 12.3. The van der Waals surface area contributed by atoms with Crippen molar-refractivity contribution in [3.8, 4) is 5.75 Å². The van der Waals surface area contributed by atoms with Crippen LogP contribution in [0.5, 0.6) is 5.75 Å². The van der Waals surface area contributed by atoms with E-state index in [0.29, 0.717) is 18.1 Å². The third-order valence-corrected chi connectivity index (χ3v) is 7.37. The molecule has 1 amide bonds. The maximum Gasteiger partial charge on any atom is 0.217 e. The van der Waals surface area contributed by atoms with Gasteiger partial charge >= 0.3 is 0 Å². The van der Waals surface area contributed by atoms with Crippen molar-refractivity contribution >= 4 is 5.91 Å². The molecule has 26 heavy (non-hydrogen) atoms. The minimum Gasteiger partial charge on any atom is -0.494 e. The molecule has 0 radical (unpaired) electrons. The highest BCUT2D eigenvalue weighted by Crippen LogP contribution is 2.70. The summed E-state index contributed by atoms with van der Waals surface area (Å²) in [5.41, 5.74) is 0.621. The van der Waals surface area contributed by atoms with E-state index in [0.717, 1.165) is 19.3 Å². The number of fused-ring (bicyclic) bond motifs is 1. The maximum absolute atomic E-state index is 14.9. The number of ether oxygens (including phenoxy) is 2. The Bertz CT molecular complexity index is 734. The zero-order valence-electron chi connectivity index (χ0n) is 16.0. The SMILES string of the molecule is COc1cccc([C@H]2OCCC34C[C@@H](C[C@H]23)C(C)(C)[C@H]4NC(C)=O)c1F. The largest absolute Gasteiger partial charge is 0.494 e. The predicted octanol–water partition coefficient (Wildman–Crippen LogP) is 3.85. The van der Waals surface area contributed by atoms with E-state index >= 15 is 0 Å². The molecule has 0 aromatic heterocycles. The van der Waals surface area contributed by atoms with E-state index in [1.807, 2.05) is 12.1 Å². The van der Waals surface area contributed by atoms with Crippen molar-refractivity contribution in [3.05, 3.63) is 29.6 Å². The van der Waals surface area contributed by atoms with Crippen molar-refractivity contribution in [2.24, 2.45) is 22.7 Å². The van der Waals surface area contributed by atoms with Crippen LogP contribution in [0, 0.1) is 28.5 Å². The van der Waals surface area contributed by atoms with Crippen LogP contribution in [0.2, 0.25) is 0 Å². The first-order valence-electron chi connectivity index (χ1n) is 9.52. The van der Waals surface area contributed by atoms with Crippen LogP contribution in [0.3, 0.4) is 0 Å². The summed E-state index contributed by atoms with van der Waals surface area (Å²) < 4.78 is 26.2. The standard InChI is InChI=1S/C21H28FNO3/c1-12(24)23-19-20(2,3)13-10-15-18(26-9-8-21(15,19)11-13)14-6-5-7-16(25-4)17(14)22/h5-7,13,15,18-19H,8-11H2,1-4H3,(H,23,24)/t13-,15-,18-,19-,21?/m1/s1. The molecule has 3 fully saturated rings. The lowest BCUT2D eigenvalue weighted by Crippen LogP contribution is -2.58. The molecule has 2 saturated carbocycles. The number of methoxy groups -OCH3 is 1. The van der Waals surface area contributed by atoms with Gasteiger partial charge in [-0.2, -0.15) is 0 Å². The van der Waals surface area contributed by atoms with E-state index in [1.165, 1.54) is 7.11 Å². The van der Waals surface area contributed by atoms with E-state index in [1.54, 1.807) is 13.0 Å². The van der Waals surface area contributed by atoms with Gasteiger partial charge in [-0.15, -0.1) is 0 Å². The molecule has 2 bridgehead atoms. The lowest BCUT2D eigenvalue weighted by atomic mass is 9.59. The van der Waals surface area contributed by atoms with Gasteiger partial charge in [-0.25, -0.2) is 4.39 Å². The van der Waals surface area contributed by atoms with Crippen LogP contribution < -0.4 is 10.1 Å². The Labute approximate surface area is 154 Å². The van der Waals surface area contributed by atoms with Crippen molar-refractivity contribution in [2.75, 3.05) is 13.7 Å². The Morgan fingerprint density at radius 1 is 1.38 bits per heavy atom. The Balaban J connectivity index is 1.74. The molecule has 1 heterocycles. The zero-order chi connectivity index (χ0) is 18.7. The van der Waals surface area contributed by atoms with Gasteiger partial charge in [-0.05, 0) is 48.0 Å². The number of carbonyl (C=O) groups is 1. The number of rotatable bonds is 3. The molecule has 1 N–H and O–H groups in total. The van der Waals surface area contributed by atoms with Crippen LogP contribution >= 0.6 is 0 Å². The van der Waals surface area contributed by atoms with Crippen molar-refractivity contribution in [3.63, 3.8) is 0 Å². The summed E-state index contributed by atoms with van der Waals surface area (Å²) in [6, 6.07) is 5.38. The molecule has 1 saturated heterocycles.